The predicted octanol–water partition coefficient (Wildman–Crippen LogP) is 3.09. The SMILES string of the molecule is FC(F)(F)O[C@H]1C[C@@H](c2nc(C3CCCCO3)no2)C1. The molecule has 1 atom stereocenters. The third-order valence-corrected chi connectivity index (χ3v) is 3.67. The quantitative estimate of drug-likeness (QED) is 0.856. The standard InChI is InChI=1S/C12H15F3N2O3/c13-12(14,15)19-8-5-7(6-8)11-16-10(17-20-11)9-3-1-2-4-18-9/h7-9H,1-6H2/t7-,8+,9?. The van der Waals surface area contributed by atoms with Gasteiger partial charge in [-0.15, -0.1) is 13.2 Å². The first-order chi connectivity index (χ1) is 9.51. The zero-order valence-electron chi connectivity index (χ0n) is 10.7. The van der Waals surface area contributed by atoms with Crippen LogP contribution in [0.1, 0.15) is 55.8 Å². The minimum absolute atomic E-state index is 0.146. The van der Waals surface area contributed by atoms with Gasteiger partial charge in [0, 0.05) is 12.5 Å². The van der Waals surface area contributed by atoms with Crippen LogP contribution in [0.5, 0.6) is 0 Å². The molecule has 2 heterocycles. The van der Waals surface area contributed by atoms with Crippen molar-refractivity contribution in [1.82, 2.24) is 10.1 Å². The van der Waals surface area contributed by atoms with Crippen LogP contribution in [-0.4, -0.2) is 29.2 Å². The van der Waals surface area contributed by atoms with E-state index in [1.807, 2.05) is 0 Å². The van der Waals surface area contributed by atoms with Gasteiger partial charge < -0.3 is 9.26 Å². The van der Waals surface area contributed by atoms with Gasteiger partial charge in [-0.3, -0.25) is 4.74 Å². The molecule has 1 saturated carbocycles. The minimum atomic E-state index is -4.58. The van der Waals surface area contributed by atoms with Gasteiger partial charge in [0.1, 0.15) is 6.10 Å². The van der Waals surface area contributed by atoms with E-state index in [2.05, 4.69) is 14.9 Å². The lowest BCUT2D eigenvalue weighted by Crippen LogP contribution is -2.34. The van der Waals surface area contributed by atoms with Crippen LogP contribution in [0.2, 0.25) is 0 Å². The largest absolute Gasteiger partial charge is 0.522 e. The molecule has 0 spiro atoms. The molecule has 0 N–H and O–H groups in total. The summed E-state index contributed by atoms with van der Waals surface area (Å²) in [6.45, 7) is 0.680. The summed E-state index contributed by atoms with van der Waals surface area (Å²) in [5.74, 6) is 0.739. The molecular formula is C12H15F3N2O3. The molecule has 5 nitrogen and oxygen atoms in total. The number of alkyl halides is 3. The van der Waals surface area contributed by atoms with Gasteiger partial charge in [0.15, 0.2) is 0 Å². The number of aromatic nitrogens is 2. The van der Waals surface area contributed by atoms with Gasteiger partial charge in [0.2, 0.25) is 11.7 Å². The molecule has 0 aromatic carbocycles. The van der Waals surface area contributed by atoms with Gasteiger partial charge in [-0.05, 0) is 32.1 Å². The van der Waals surface area contributed by atoms with Crippen molar-refractivity contribution >= 4 is 0 Å². The number of hydrogen-bond acceptors (Lipinski definition) is 5. The lowest BCUT2D eigenvalue weighted by molar-refractivity contribution is -0.352. The Labute approximate surface area is 113 Å². The molecule has 1 aliphatic heterocycles. The third kappa shape index (κ3) is 3.12. The maximum atomic E-state index is 12.0. The molecule has 1 aromatic heterocycles. The highest BCUT2D eigenvalue weighted by atomic mass is 19.4. The average molecular weight is 292 g/mol. The number of hydrogen-bond donors (Lipinski definition) is 0. The van der Waals surface area contributed by atoms with Gasteiger partial charge in [-0.2, -0.15) is 4.98 Å². The van der Waals surface area contributed by atoms with Crippen molar-refractivity contribution in [2.45, 2.75) is 56.6 Å². The summed E-state index contributed by atoms with van der Waals surface area (Å²) in [5.41, 5.74) is 0. The summed E-state index contributed by atoms with van der Waals surface area (Å²) >= 11 is 0. The van der Waals surface area contributed by atoms with E-state index in [9.17, 15) is 13.2 Å². The molecule has 8 heteroatoms. The molecule has 0 radical (unpaired) electrons. The molecular weight excluding hydrogens is 277 g/mol. The number of nitrogens with zero attached hydrogens (tertiary/aromatic N) is 2. The van der Waals surface area contributed by atoms with E-state index in [-0.39, 0.29) is 24.9 Å². The van der Waals surface area contributed by atoms with Crippen molar-refractivity contribution in [3.63, 3.8) is 0 Å². The van der Waals surface area contributed by atoms with E-state index in [0.29, 0.717) is 18.3 Å². The van der Waals surface area contributed by atoms with E-state index in [1.54, 1.807) is 0 Å². The van der Waals surface area contributed by atoms with Crippen LogP contribution in [0.3, 0.4) is 0 Å². The van der Waals surface area contributed by atoms with Crippen LogP contribution >= 0.6 is 0 Å². The predicted molar refractivity (Wildman–Crippen MR) is 59.7 cm³/mol. The Morgan fingerprint density at radius 3 is 2.65 bits per heavy atom. The lowest BCUT2D eigenvalue weighted by Gasteiger charge is -2.32. The van der Waals surface area contributed by atoms with E-state index in [4.69, 9.17) is 9.26 Å². The Hall–Kier alpha value is -1.15. The second kappa shape index (κ2) is 5.33. The Morgan fingerprint density at radius 2 is 2.00 bits per heavy atom. The number of rotatable bonds is 3. The summed E-state index contributed by atoms with van der Waals surface area (Å²) < 4.78 is 50.6. The highest BCUT2D eigenvalue weighted by Gasteiger charge is 2.42. The fourth-order valence-electron chi connectivity index (χ4n) is 2.54. The topological polar surface area (TPSA) is 57.4 Å². The van der Waals surface area contributed by atoms with Crippen LogP contribution < -0.4 is 0 Å². The molecule has 1 unspecified atom stereocenters. The molecule has 112 valence electrons. The zero-order valence-corrected chi connectivity index (χ0v) is 10.7. The lowest BCUT2D eigenvalue weighted by atomic mass is 9.82. The summed E-state index contributed by atoms with van der Waals surface area (Å²) in [5, 5.41) is 3.87. The van der Waals surface area contributed by atoms with Gasteiger partial charge in [0.05, 0.1) is 6.10 Å². The molecule has 1 aromatic rings. The third-order valence-electron chi connectivity index (χ3n) is 3.67. The van der Waals surface area contributed by atoms with Crippen molar-refractivity contribution in [3.05, 3.63) is 11.7 Å². The Bertz CT molecular complexity index is 451. The highest BCUT2D eigenvalue weighted by molar-refractivity contribution is 5.03. The molecule has 0 amide bonds. The maximum absolute atomic E-state index is 12.0. The van der Waals surface area contributed by atoms with Crippen LogP contribution in [0, 0.1) is 0 Å². The van der Waals surface area contributed by atoms with Crippen LogP contribution in [-0.2, 0) is 9.47 Å². The summed E-state index contributed by atoms with van der Waals surface area (Å²) in [7, 11) is 0. The van der Waals surface area contributed by atoms with Gasteiger partial charge in [-0.25, -0.2) is 0 Å². The van der Waals surface area contributed by atoms with Crippen molar-refractivity contribution in [3.8, 4) is 0 Å². The first-order valence-corrected chi connectivity index (χ1v) is 6.71. The second-order valence-corrected chi connectivity index (χ2v) is 5.20. The van der Waals surface area contributed by atoms with E-state index in [1.165, 1.54) is 0 Å². The number of halogens is 3. The van der Waals surface area contributed by atoms with E-state index in [0.717, 1.165) is 19.3 Å². The molecule has 3 rings (SSSR count). The second-order valence-electron chi connectivity index (χ2n) is 5.20. The van der Waals surface area contributed by atoms with Crippen molar-refractivity contribution in [2.75, 3.05) is 6.61 Å². The molecule has 0 bridgehead atoms. The minimum Gasteiger partial charge on any atom is -0.370 e. The van der Waals surface area contributed by atoms with Gasteiger partial charge in [0.25, 0.3) is 0 Å². The summed E-state index contributed by atoms with van der Waals surface area (Å²) in [4.78, 5) is 4.25. The molecule has 2 fully saturated rings. The Kier molecular flexibility index (Phi) is 3.68. The fourth-order valence-corrected chi connectivity index (χ4v) is 2.54. The van der Waals surface area contributed by atoms with Crippen molar-refractivity contribution in [2.24, 2.45) is 0 Å². The van der Waals surface area contributed by atoms with Crippen molar-refractivity contribution in [1.29, 1.82) is 0 Å². The zero-order chi connectivity index (χ0) is 14.2. The fraction of sp³-hybridized carbons (Fsp3) is 0.833. The van der Waals surface area contributed by atoms with Crippen molar-refractivity contribution < 1.29 is 27.2 Å². The van der Waals surface area contributed by atoms with Crippen LogP contribution in [0.4, 0.5) is 13.2 Å². The number of ether oxygens (including phenoxy) is 2. The van der Waals surface area contributed by atoms with Gasteiger partial charge >= 0.3 is 6.36 Å². The Balaban J connectivity index is 1.53. The Morgan fingerprint density at radius 1 is 1.20 bits per heavy atom. The summed E-state index contributed by atoms with van der Waals surface area (Å²) in [6.07, 6.45) is -2.08. The van der Waals surface area contributed by atoms with Gasteiger partial charge in [-0.1, -0.05) is 5.16 Å². The molecule has 20 heavy (non-hydrogen) atoms. The maximum Gasteiger partial charge on any atom is 0.522 e. The monoisotopic (exact) mass is 292 g/mol. The van der Waals surface area contributed by atoms with E-state index >= 15 is 0 Å². The van der Waals surface area contributed by atoms with Crippen LogP contribution in [0.15, 0.2) is 4.52 Å². The smallest absolute Gasteiger partial charge is 0.370 e. The normalized spacial score (nSPS) is 31.1. The first-order valence-electron chi connectivity index (χ1n) is 6.71. The summed E-state index contributed by atoms with van der Waals surface area (Å²) in [6, 6.07) is 0. The molecule has 2 aliphatic rings. The molecule has 1 aliphatic carbocycles. The van der Waals surface area contributed by atoms with Crippen LogP contribution in [0.25, 0.3) is 0 Å². The molecule has 1 saturated heterocycles. The average Bonchev–Trinajstić information content (AvgIpc) is 2.82. The first kappa shape index (κ1) is 13.8. The highest BCUT2D eigenvalue weighted by Crippen LogP contribution is 2.41. The van der Waals surface area contributed by atoms with E-state index < -0.39 is 12.5 Å².